The molecule has 1 N–H and O–H groups in total. The molecule has 9 heteroatoms. The summed E-state index contributed by atoms with van der Waals surface area (Å²) in [6.07, 6.45) is 2.92. The zero-order chi connectivity index (χ0) is 30.0. The summed E-state index contributed by atoms with van der Waals surface area (Å²) in [5, 5.41) is 9.38. The van der Waals surface area contributed by atoms with Gasteiger partial charge in [0.05, 0.1) is 12.4 Å². The van der Waals surface area contributed by atoms with Crippen LogP contribution in [0.3, 0.4) is 0 Å². The first kappa shape index (κ1) is 34.9. The Bertz CT molecular complexity index is 1250. The van der Waals surface area contributed by atoms with E-state index < -0.39 is 10.0 Å². The minimum Gasteiger partial charge on any atom is -0.339 e. The van der Waals surface area contributed by atoms with Crippen LogP contribution >= 0.6 is 0 Å². The Morgan fingerprint density at radius 3 is 1.46 bits per heavy atom. The summed E-state index contributed by atoms with van der Waals surface area (Å²) in [5.41, 5.74) is 4.06. The largest absolute Gasteiger partial charge is 0.339 e. The Hall–Kier alpha value is -4.08. The number of rotatable bonds is 6. The normalized spacial score (nSPS) is 10.0. The molecule has 0 saturated heterocycles. The lowest BCUT2D eigenvalue weighted by Gasteiger charge is -2.06. The zero-order valence-electron chi connectivity index (χ0n) is 23.8. The minimum atomic E-state index is -3.42. The molecule has 210 valence electrons. The van der Waals surface area contributed by atoms with E-state index in [0.29, 0.717) is 0 Å². The highest BCUT2D eigenvalue weighted by molar-refractivity contribution is 7.89. The standard InChI is InChI=1S/C17H17N3.C7H13N3O2S.3C2H4/c1-13(2)20-18-16(14-9-5-3-6-10-14)17(19-20)15-11-7-4-8-12-15;1-6(2)9-13(11,12)7-4-10(3)5-8-7;3*1-2/h3-13H,1-2H3;4-6,9H,1-3H3;3*1-2H2. The molecule has 0 radical (unpaired) electrons. The van der Waals surface area contributed by atoms with Crippen LogP contribution in [0.2, 0.25) is 0 Å². The molecule has 0 aliphatic heterocycles. The van der Waals surface area contributed by atoms with Gasteiger partial charge in [0.1, 0.15) is 11.4 Å². The second-order valence-electron chi connectivity index (χ2n) is 8.20. The number of nitrogens with zero attached hydrogens (tertiary/aromatic N) is 5. The van der Waals surface area contributed by atoms with Crippen molar-refractivity contribution in [3.8, 4) is 22.5 Å². The molecule has 0 fully saturated rings. The molecule has 4 rings (SSSR count). The van der Waals surface area contributed by atoms with Gasteiger partial charge in [0.2, 0.25) is 0 Å². The fourth-order valence-corrected chi connectivity index (χ4v) is 4.26. The van der Waals surface area contributed by atoms with Crippen molar-refractivity contribution in [2.75, 3.05) is 0 Å². The molecule has 0 atom stereocenters. The van der Waals surface area contributed by atoms with E-state index in [0.717, 1.165) is 22.5 Å². The van der Waals surface area contributed by atoms with Crippen molar-refractivity contribution in [3.05, 3.63) is 113 Å². The molecule has 0 saturated carbocycles. The van der Waals surface area contributed by atoms with Crippen LogP contribution < -0.4 is 4.72 Å². The van der Waals surface area contributed by atoms with Crippen LogP contribution in [0, 0.1) is 0 Å². The monoisotopic (exact) mass is 550 g/mol. The Morgan fingerprint density at radius 2 is 1.15 bits per heavy atom. The van der Waals surface area contributed by atoms with Crippen LogP contribution in [0.25, 0.3) is 22.5 Å². The number of aryl methyl sites for hydroxylation is 1. The molecule has 8 nitrogen and oxygen atoms in total. The Morgan fingerprint density at radius 1 is 0.744 bits per heavy atom. The molecule has 39 heavy (non-hydrogen) atoms. The summed E-state index contributed by atoms with van der Waals surface area (Å²) in [4.78, 5) is 5.54. The van der Waals surface area contributed by atoms with Crippen LogP contribution in [-0.4, -0.2) is 39.0 Å². The van der Waals surface area contributed by atoms with E-state index in [1.165, 1.54) is 12.5 Å². The van der Waals surface area contributed by atoms with Gasteiger partial charge in [0.15, 0.2) is 5.03 Å². The minimum absolute atomic E-state index is 0.0590. The maximum absolute atomic E-state index is 11.5. The van der Waals surface area contributed by atoms with Gasteiger partial charge >= 0.3 is 0 Å². The topological polar surface area (TPSA) is 94.7 Å². The summed E-state index contributed by atoms with van der Waals surface area (Å²) in [5.74, 6) is 0. The van der Waals surface area contributed by atoms with Crippen LogP contribution in [0.15, 0.2) is 118 Å². The molecule has 0 spiro atoms. The zero-order valence-corrected chi connectivity index (χ0v) is 24.6. The molecule has 0 amide bonds. The number of imidazole rings is 1. The highest BCUT2D eigenvalue weighted by Crippen LogP contribution is 2.29. The average molecular weight is 551 g/mol. The van der Waals surface area contributed by atoms with E-state index in [-0.39, 0.29) is 17.1 Å². The molecule has 0 aliphatic carbocycles. The first-order valence-corrected chi connectivity index (χ1v) is 13.7. The highest BCUT2D eigenvalue weighted by atomic mass is 32.2. The summed E-state index contributed by atoms with van der Waals surface area (Å²) < 4.78 is 27.0. The fraction of sp³-hybridized carbons (Fsp3) is 0.233. The maximum atomic E-state index is 11.5. The lowest BCUT2D eigenvalue weighted by atomic mass is 10.1. The SMILES string of the molecule is C=C.C=C.C=C.CC(C)NS(=O)(=O)c1cn(C)cn1.CC(C)n1nc(-c2ccccc2)c(-c2ccccc2)n1. The van der Waals surface area contributed by atoms with E-state index in [4.69, 9.17) is 0 Å². The third-order valence-electron chi connectivity index (χ3n) is 4.53. The van der Waals surface area contributed by atoms with E-state index in [2.05, 4.69) is 97.5 Å². The first-order valence-electron chi connectivity index (χ1n) is 12.3. The van der Waals surface area contributed by atoms with Gasteiger partial charge in [0, 0.05) is 30.4 Å². The number of hydrogen-bond donors (Lipinski definition) is 1. The summed E-state index contributed by atoms with van der Waals surface area (Å²) in [6, 6.07) is 20.5. The first-order chi connectivity index (χ1) is 18.7. The van der Waals surface area contributed by atoms with Gasteiger partial charge < -0.3 is 4.57 Å². The number of aromatic nitrogens is 5. The predicted octanol–water partition coefficient (Wildman–Crippen LogP) is 6.71. The predicted molar refractivity (Wildman–Crippen MR) is 164 cm³/mol. The molecular weight excluding hydrogens is 508 g/mol. The quantitative estimate of drug-likeness (QED) is 0.269. The van der Waals surface area contributed by atoms with Crippen LogP contribution in [0.1, 0.15) is 33.7 Å². The summed E-state index contributed by atoms with van der Waals surface area (Å²) in [7, 11) is -1.70. The smallest absolute Gasteiger partial charge is 0.259 e. The van der Waals surface area contributed by atoms with Gasteiger partial charge in [-0.2, -0.15) is 15.0 Å². The second-order valence-corrected chi connectivity index (χ2v) is 9.86. The molecule has 0 unspecified atom stereocenters. The van der Waals surface area contributed by atoms with Gasteiger partial charge in [-0.15, -0.1) is 39.5 Å². The van der Waals surface area contributed by atoms with E-state index in [1.54, 1.807) is 30.3 Å². The number of benzene rings is 2. The third-order valence-corrected chi connectivity index (χ3v) is 6.08. The number of hydrogen-bond acceptors (Lipinski definition) is 5. The summed E-state index contributed by atoms with van der Waals surface area (Å²) in [6.45, 7) is 25.7. The summed E-state index contributed by atoms with van der Waals surface area (Å²) >= 11 is 0. The Balaban J connectivity index is 0.000000661. The van der Waals surface area contributed by atoms with Crippen molar-refractivity contribution in [3.63, 3.8) is 0 Å². The molecular formula is C30H42N6O2S. The van der Waals surface area contributed by atoms with Crippen LogP contribution in [0.5, 0.6) is 0 Å². The lowest BCUT2D eigenvalue weighted by Crippen LogP contribution is -2.30. The van der Waals surface area contributed by atoms with Crippen molar-refractivity contribution in [2.24, 2.45) is 7.05 Å². The molecule has 2 aromatic heterocycles. The van der Waals surface area contributed by atoms with Crippen molar-refractivity contribution in [2.45, 2.75) is 44.8 Å². The van der Waals surface area contributed by atoms with Crippen LogP contribution in [0.4, 0.5) is 0 Å². The van der Waals surface area contributed by atoms with Gasteiger partial charge in [-0.3, -0.25) is 0 Å². The molecule has 0 bridgehead atoms. The molecule has 2 heterocycles. The molecule has 2 aromatic carbocycles. The number of nitrogens with one attached hydrogen (secondary N) is 1. The second kappa shape index (κ2) is 18.2. The lowest BCUT2D eigenvalue weighted by molar-refractivity contribution is 0.468. The van der Waals surface area contributed by atoms with Crippen molar-refractivity contribution in [1.82, 2.24) is 29.3 Å². The van der Waals surface area contributed by atoms with Gasteiger partial charge in [-0.05, 0) is 27.7 Å². The third kappa shape index (κ3) is 11.1. The average Bonchev–Trinajstić information content (AvgIpc) is 3.61. The van der Waals surface area contributed by atoms with Crippen molar-refractivity contribution < 1.29 is 8.42 Å². The molecule has 0 aliphatic rings. The van der Waals surface area contributed by atoms with E-state index in [9.17, 15) is 8.42 Å². The fourth-order valence-electron chi connectivity index (χ4n) is 3.03. The van der Waals surface area contributed by atoms with Gasteiger partial charge in [0.25, 0.3) is 10.0 Å². The number of sulfonamides is 1. The van der Waals surface area contributed by atoms with E-state index >= 15 is 0 Å². The van der Waals surface area contributed by atoms with E-state index in [1.807, 2.05) is 36.4 Å². The van der Waals surface area contributed by atoms with Gasteiger partial charge in [-0.1, -0.05) is 60.7 Å². The Labute approximate surface area is 234 Å². The maximum Gasteiger partial charge on any atom is 0.259 e. The Kier molecular flexibility index (Phi) is 16.3. The van der Waals surface area contributed by atoms with Crippen LogP contribution in [-0.2, 0) is 17.1 Å². The van der Waals surface area contributed by atoms with Gasteiger partial charge in [-0.25, -0.2) is 18.1 Å². The molecule has 4 aromatic rings. The van der Waals surface area contributed by atoms with Crippen molar-refractivity contribution >= 4 is 10.0 Å². The highest BCUT2D eigenvalue weighted by Gasteiger charge is 2.17. The van der Waals surface area contributed by atoms with Crippen molar-refractivity contribution in [1.29, 1.82) is 0 Å².